The molecule has 2 heterocycles. The molecule has 0 bridgehead atoms. The van der Waals surface area contributed by atoms with Crippen LogP contribution in [0, 0.1) is 0 Å². The molecule has 0 aliphatic carbocycles. The van der Waals surface area contributed by atoms with Crippen molar-refractivity contribution >= 4 is 11.6 Å². The van der Waals surface area contributed by atoms with Crippen molar-refractivity contribution in [2.45, 2.75) is 13.3 Å². The van der Waals surface area contributed by atoms with E-state index in [0.29, 0.717) is 0 Å². The number of hydrazone groups is 1. The third-order valence-corrected chi connectivity index (χ3v) is 1.74. The van der Waals surface area contributed by atoms with Gasteiger partial charge in [-0.25, -0.2) is 5.01 Å². The first kappa shape index (κ1) is 6.46. The lowest BCUT2D eigenvalue weighted by molar-refractivity contribution is 0.553. The standard InChI is InChI=1S/C8H10N2O/c1-7-4-5-10(9-7)8-3-2-6-11-8/h2-3,6H,4-5H2,1H3. The van der Waals surface area contributed by atoms with E-state index in [1.54, 1.807) is 6.26 Å². The van der Waals surface area contributed by atoms with Crippen molar-refractivity contribution in [2.75, 3.05) is 11.6 Å². The summed E-state index contributed by atoms with van der Waals surface area (Å²) in [5.74, 6) is 0.835. The molecule has 0 amide bonds. The Kier molecular flexibility index (Phi) is 1.42. The molecule has 0 spiro atoms. The van der Waals surface area contributed by atoms with E-state index < -0.39 is 0 Å². The molecule has 58 valence electrons. The number of nitrogens with zero attached hydrogens (tertiary/aromatic N) is 2. The summed E-state index contributed by atoms with van der Waals surface area (Å²) in [5, 5.41) is 6.17. The van der Waals surface area contributed by atoms with Gasteiger partial charge in [0.2, 0.25) is 5.88 Å². The number of rotatable bonds is 1. The van der Waals surface area contributed by atoms with Gasteiger partial charge in [-0.2, -0.15) is 5.10 Å². The highest BCUT2D eigenvalue weighted by atomic mass is 16.3. The summed E-state index contributed by atoms with van der Waals surface area (Å²) in [7, 11) is 0. The average Bonchev–Trinajstić information content (AvgIpc) is 2.55. The van der Waals surface area contributed by atoms with Crippen LogP contribution in [0.5, 0.6) is 0 Å². The Hall–Kier alpha value is -1.25. The summed E-state index contributed by atoms with van der Waals surface area (Å²) in [6.07, 6.45) is 2.71. The lowest BCUT2D eigenvalue weighted by atomic mass is 10.3. The van der Waals surface area contributed by atoms with Crippen LogP contribution >= 0.6 is 0 Å². The first-order chi connectivity index (χ1) is 5.36. The molecule has 0 saturated carbocycles. The summed E-state index contributed by atoms with van der Waals surface area (Å²) in [6, 6.07) is 3.79. The Morgan fingerprint density at radius 3 is 3.09 bits per heavy atom. The summed E-state index contributed by atoms with van der Waals surface area (Å²) >= 11 is 0. The first-order valence-electron chi connectivity index (χ1n) is 3.71. The third-order valence-electron chi connectivity index (χ3n) is 1.74. The van der Waals surface area contributed by atoms with E-state index >= 15 is 0 Å². The lowest BCUT2D eigenvalue weighted by Crippen LogP contribution is -2.10. The SMILES string of the molecule is CC1=NN(c2ccco2)CC1. The highest BCUT2D eigenvalue weighted by molar-refractivity contribution is 5.85. The molecule has 3 heteroatoms. The highest BCUT2D eigenvalue weighted by Gasteiger charge is 2.13. The van der Waals surface area contributed by atoms with Crippen molar-refractivity contribution < 1.29 is 4.42 Å². The van der Waals surface area contributed by atoms with E-state index in [0.717, 1.165) is 18.8 Å². The van der Waals surface area contributed by atoms with E-state index in [-0.39, 0.29) is 0 Å². The molecule has 0 fully saturated rings. The van der Waals surface area contributed by atoms with Crippen LogP contribution in [-0.4, -0.2) is 12.3 Å². The zero-order chi connectivity index (χ0) is 7.68. The van der Waals surface area contributed by atoms with E-state index in [2.05, 4.69) is 5.10 Å². The average molecular weight is 150 g/mol. The molecule has 2 rings (SSSR count). The highest BCUT2D eigenvalue weighted by Crippen LogP contribution is 2.18. The molecule has 1 aliphatic heterocycles. The zero-order valence-electron chi connectivity index (χ0n) is 6.45. The summed E-state index contributed by atoms with van der Waals surface area (Å²) in [5.41, 5.74) is 1.17. The van der Waals surface area contributed by atoms with Gasteiger partial charge in [0.15, 0.2) is 0 Å². The van der Waals surface area contributed by atoms with Gasteiger partial charge in [0.05, 0.1) is 6.26 Å². The second kappa shape index (κ2) is 2.42. The Bertz CT molecular complexity index is 264. The molecule has 1 aromatic heterocycles. The molecular weight excluding hydrogens is 140 g/mol. The zero-order valence-corrected chi connectivity index (χ0v) is 6.45. The second-order valence-corrected chi connectivity index (χ2v) is 2.66. The minimum Gasteiger partial charge on any atom is -0.447 e. The van der Waals surface area contributed by atoms with Gasteiger partial charge in [-0.3, -0.25) is 0 Å². The maximum absolute atomic E-state index is 5.18. The van der Waals surface area contributed by atoms with Crippen molar-refractivity contribution in [1.82, 2.24) is 0 Å². The predicted molar refractivity (Wildman–Crippen MR) is 43.8 cm³/mol. The molecule has 0 atom stereocenters. The van der Waals surface area contributed by atoms with Crippen LogP contribution in [0.1, 0.15) is 13.3 Å². The molecule has 1 aromatic rings. The molecule has 0 unspecified atom stereocenters. The molecule has 0 aromatic carbocycles. The number of furan rings is 1. The second-order valence-electron chi connectivity index (χ2n) is 2.66. The Labute approximate surface area is 65.3 Å². The van der Waals surface area contributed by atoms with Gasteiger partial charge in [-0.15, -0.1) is 0 Å². The maximum Gasteiger partial charge on any atom is 0.215 e. The Morgan fingerprint density at radius 2 is 2.55 bits per heavy atom. The number of anilines is 1. The molecule has 3 nitrogen and oxygen atoms in total. The Morgan fingerprint density at radius 1 is 1.64 bits per heavy atom. The van der Waals surface area contributed by atoms with Crippen LogP contribution in [0.15, 0.2) is 27.9 Å². The fourth-order valence-corrected chi connectivity index (χ4v) is 1.15. The van der Waals surface area contributed by atoms with Gasteiger partial charge in [0, 0.05) is 24.7 Å². The van der Waals surface area contributed by atoms with Gasteiger partial charge in [0.25, 0.3) is 0 Å². The quantitative estimate of drug-likeness (QED) is 0.611. The predicted octanol–water partition coefficient (Wildman–Crippen LogP) is 1.87. The summed E-state index contributed by atoms with van der Waals surface area (Å²) in [6.45, 7) is 2.97. The molecule has 0 N–H and O–H groups in total. The monoisotopic (exact) mass is 150 g/mol. The van der Waals surface area contributed by atoms with Crippen molar-refractivity contribution in [3.05, 3.63) is 18.4 Å². The molecule has 0 radical (unpaired) electrons. The molecular formula is C8H10N2O. The normalized spacial score (nSPS) is 17.2. The van der Waals surface area contributed by atoms with E-state index in [1.807, 2.05) is 24.1 Å². The molecule has 0 saturated heterocycles. The van der Waals surface area contributed by atoms with Crippen LogP contribution in [0.25, 0.3) is 0 Å². The van der Waals surface area contributed by atoms with Crippen LogP contribution in [-0.2, 0) is 0 Å². The molecule has 1 aliphatic rings. The van der Waals surface area contributed by atoms with Crippen molar-refractivity contribution in [1.29, 1.82) is 0 Å². The van der Waals surface area contributed by atoms with Gasteiger partial charge in [0.1, 0.15) is 0 Å². The Balaban J connectivity index is 2.20. The summed E-state index contributed by atoms with van der Waals surface area (Å²) < 4.78 is 5.18. The van der Waals surface area contributed by atoms with Crippen LogP contribution in [0.4, 0.5) is 5.88 Å². The number of hydrogen-bond acceptors (Lipinski definition) is 3. The number of hydrogen-bond donors (Lipinski definition) is 0. The van der Waals surface area contributed by atoms with E-state index in [9.17, 15) is 0 Å². The fraction of sp³-hybridized carbons (Fsp3) is 0.375. The van der Waals surface area contributed by atoms with Crippen molar-refractivity contribution in [2.24, 2.45) is 5.10 Å². The van der Waals surface area contributed by atoms with Gasteiger partial charge in [-0.05, 0) is 13.0 Å². The van der Waals surface area contributed by atoms with Gasteiger partial charge >= 0.3 is 0 Å². The van der Waals surface area contributed by atoms with E-state index in [1.165, 1.54) is 5.71 Å². The van der Waals surface area contributed by atoms with Crippen molar-refractivity contribution in [3.63, 3.8) is 0 Å². The maximum atomic E-state index is 5.18. The third kappa shape index (κ3) is 1.13. The van der Waals surface area contributed by atoms with Crippen LogP contribution in [0.2, 0.25) is 0 Å². The fourth-order valence-electron chi connectivity index (χ4n) is 1.15. The van der Waals surface area contributed by atoms with E-state index in [4.69, 9.17) is 4.42 Å². The first-order valence-corrected chi connectivity index (χ1v) is 3.71. The smallest absolute Gasteiger partial charge is 0.215 e. The topological polar surface area (TPSA) is 28.7 Å². The van der Waals surface area contributed by atoms with Crippen LogP contribution in [0.3, 0.4) is 0 Å². The lowest BCUT2D eigenvalue weighted by Gasteiger charge is -2.07. The minimum absolute atomic E-state index is 0.835. The van der Waals surface area contributed by atoms with Gasteiger partial charge in [-0.1, -0.05) is 0 Å². The van der Waals surface area contributed by atoms with Crippen LogP contribution < -0.4 is 5.01 Å². The van der Waals surface area contributed by atoms with Crippen molar-refractivity contribution in [3.8, 4) is 0 Å². The summed E-state index contributed by atoms with van der Waals surface area (Å²) in [4.78, 5) is 0. The minimum atomic E-state index is 0.835. The van der Waals surface area contributed by atoms with Gasteiger partial charge < -0.3 is 4.42 Å². The molecule has 11 heavy (non-hydrogen) atoms. The largest absolute Gasteiger partial charge is 0.447 e.